The number of hydrogen-bond donors (Lipinski definition) is 0. The lowest BCUT2D eigenvalue weighted by atomic mass is 10.2. The van der Waals surface area contributed by atoms with Crippen LogP contribution in [0, 0.1) is 13.8 Å². The van der Waals surface area contributed by atoms with Crippen LogP contribution in [0.15, 0.2) is 6.07 Å². The number of aromatic carboxylic acids is 1. The number of hydrogen-bond acceptors (Lipinski definition) is 2. The summed E-state index contributed by atoms with van der Waals surface area (Å²) in [5.74, 6) is -1.46. The Hall–Kier alpha value is -1.46. The SMILES string of the molecule is Cc1cc(C(=O)[O-])c(C)n1CC(F)(F)F. The van der Waals surface area contributed by atoms with Gasteiger partial charge in [-0.3, -0.25) is 0 Å². The summed E-state index contributed by atoms with van der Waals surface area (Å²) >= 11 is 0. The Bertz CT molecular complexity index is 393. The zero-order valence-electron chi connectivity index (χ0n) is 8.18. The van der Waals surface area contributed by atoms with E-state index in [9.17, 15) is 23.1 Å². The number of aromatic nitrogens is 1. The normalized spacial score (nSPS) is 11.8. The predicted octanol–water partition coefficient (Wildman–Crippen LogP) is 1.03. The molecule has 0 aromatic carbocycles. The molecule has 0 unspecified atom stereocenters. The van der Waals surface area contributed by atoms with Gasteiger partial charge in [-0.2, -0.15) is 13.2 Å². The minimum atomic E-state index is -4.36. The van der Waals surface area contributed by atoms with Gasteiger partial charge < -0.3 is 14.5 Å². The van der Waals surface area contributed by atoms with Crippen molar-refractivity contribution in [2.75, 3.05) is 0 Å². The van der Waals surface area contributed by atoms with E-state index < -0.39 is 18.7 Å². The van der Waals surface area contributed by atoms with Crippen LogP contribution in [-0.4, -0.2) is 16.7 Å². The fourth-order valence-electron chi connectivity index (χ4n) is 1.43. The summed E-state index contributed by atoms with van der Waals surface area (Å²) in [6.45, 7) is 1.56. The Kier molecular flexibility index (Phi) is 2.79. The molecule has 0 N–H and O–H groups in total. The monoisotopic (exact) mass is 220 g/mol. The molecule has 3 nitrogen and oxygen atoms in total. The summed E-state index contributed by atoms with van der Waals surface area (Å²) in [5.41, 5.74) is 0.116. The molecule has 0 saturated heterocycles. The van der Waals surface area contributed by atoms with Crippen LogP contribution in [0.2, 0.25) is 0 Å². The molecule has 1 aromatic heterocycles. The summed E-state index contributed by atoms with van der Waals surface area (Å²) in [5, 5.41) is 10.5. The van der Waals surface area contributed by atoms with Gasteiger partial charge in [0, 0.05) is 17.0 Å². The van der Waals surface area contributed by atoms with E-state index in [1.165, 1.54) is 19.9 Å². The number of carboxylic acid groups (broad SMARTS) is 1. The minimum absolute atomic E-state index is 0.0600. The highest BCUT2D eigenvalue weighted by Gasteiger charge is 2.29. The van der Waals surface area contributed by atoms with Gasteiger partial charge in [-0.1, -0.05) is 0 Å². The second-order valence-electron chi connectivity index (χ2n) is 3.27. The Labute approximate surface area is 84.1 Å². The molecular weight excluding hydrogens is 211 g/mol. The van der Waals surface area contributed by atoms with Gasteiger partial charge in [-0.15, -0.1) is 0 Å². The third-order valence-corrected chi connectivity index (χ3v) is 2.13. The first-order chi connectivity index (χ1) is 6.72. The lowest BCUT2D eigenvalue weighted by Gasteiger charge is -2.12. The average molecular weight is 220 g/mol. The fourth-order valence-corrected chi connectivity index (χ4v) is 1.43. The number of rotatable bonds is 2. The summed E-state index contributed by atoms with van der Waals surface area (Å²) in [6, 6.07) is 1.18. The van der Waals surface area contributed by atoms with Crippen LogP contribution in [0.3, 0.4) is 0 Å². The number of alkyl halides is 3. The smallest absolute Gasteiger partial charge is 0.406 e. The zero-order valence-corrected chi connectivity index (χ0v) is 8.18. The van der Waals surface area contributed by atoms with Crippen molar-refractivity contribution in [3.8, 4) is 0 Å². The van der Waals surface area contributed by atoms with Crippen molar-refractivity contribution in [1.82, 2.24) is 4.57 Å². The van der Waals surface area contributed by atoms with Crippen molar-refractivity contribution in [1.29, 1.82) is 0 Å². The molecule has 0 aliphatic heterocycles. The summed E-state index contributed by atoms with van der Waals surface area (Å²) < 4.78 is 37.3. The maximum absolute atomic E-state index is 12.1. The number of carbonyl (C=O) groups is 1. The molecule has 0 bridgehead atoms. The van der Waals surface area contributed by atoms with Gasteiger partial charge in [0.15, 0.2) is 0 Å². The van der Waals surface area contributed by atoms with Crippen molar-refractivity contribution in [2.24, 2.45) is 0 Å². The first kappa shape index (κ1) is 11.6. The van der Waals surface area contributed by atoms with Gasteiger partial charge in [0.25, 0.3) is 0 Å². The van der Waals surface area contributed by atoms with Crippen LogP contribution in [-0.2, 0) is 6.54 Å². The van der Waals surface area contributed by atoms with E-state index in [1.54, 1.807) is 0 Å². The number of carbonyl (C=O) groups excluding carboxylic acids is 1. The van der Waals surface area contributed by atoms with E-state index in [0.29, 0.717) is 0 Å². The molecule has 0 spiro atoms. The molecular formula is C9H9F3NO2-. The summed E-state index contributed by atoms with van der Waals surface area (Å²) in [4.78, 5) is 10.5. The van der Waals surface area contributed by atoms with Crippen LogP contribution in [0.25, 0.3) is 0 Å². The maximum Gasteiger partial charge on any atom is 0.406 e. The van der Waals surface area contributed by atoms with Crippen molar-refractivity contribution in [3.05, 3.63) is 23.0 Å². The highest BCUT2D eigenvalue weighted by molar-refractivity contribution is 5.87. The molecule has 0 saturated carbocycles. The van der Waals surface area contributed by atoms with Crippen molar-refractivity contribution >= 4 is 5.97 Å². The van der Waals surface area contributed by atoms with E-state index in [-0.39, 0.29) is 17.0 Å². The van der Waals surface area contributed by atoms with E-state index in [2.05, 4.69) is 0 Å². The van der Waals surface area contributed by atoms with Crippen LogP contribution >= 0.6 is 0 Å². The summed E-state index contributed by atoms with van der Waals surface area (Å²) in [6.07, 6.45) is -4.36. The first-order valence-corrected chi connectivity index (χ1v) is 4.17. The average Bonchev–Trinajstić information content (AvgIpc) is 2.29. The van der Waals surface area contributed by atoms with E-state index in [0.717, 1.165) is 4.57 Å². The van der Waals surface area contributed by atoms with E-state index >= 15 is 0 Å². The highest BCUT2D eigenvalue weighted by Crippen LogP contribution is 2.22. The Balaban J connectivity index is 3.14. The van der Waals surface area contributed by atoms with Crippen molar-refractivity contribution in [3.63, 3.8) is 0 Å². The number of carboxylic acids is 1. The second kappa shape index (κ2) is 3.60. The number of nitrogens with zero attached hydrogens (tertiary/aromatic N) is 1. The topological polar surface area (TPSA) is 45.1 Å². The molecule has 0 atom stereocenters. The molecule has 1 heterocycles. The molecule has 15 heavy (non-hydrogen) atoms. The van der Waals surface area contributed by atoms with Crippen LogP contribution in [0.4, 0.5) is 13.2 Å². The standard InChI is InChI=1S/C9H10F3NO2/c1-5-3-7(8(14)15)6(2)13(5)4-9(10,11)12/h3H,4H2,1-2H3,(H,14,15)/p-1. The number of halogens is 3. The third-order valence-electron chi connectivity index (χ3n) is 2.13. The second-order valence-corrected chi connectivity index (χ2v) is 3.27. The quantitative estimate of drug-likeness (QED) is 0.747. The van der Waals surface area contributed by atoms with Crippen LogP contribution in [0.1, 0.15) is 21.7 Å². The molecule has 1 aromatic rings. The highest BCUT2D eigenvalue weighted by atomic mass is 19.4. The maximum atomic E-state index is 12.1. The van der Waals surface area contributed by atoms with Crippen LogP contribution < -0.4 is 5.11 Å². The predicted molar refractivity (Wildman–Crippen MR) is 44.3 cm³/mol. The molecule has 1 rings (SSSR count). The Morgan fingerprint density at radius 3 is 2.33 bits per heavy atom. The first-order valence-electron chi connectivity index (χ1n) is 4.17. The third kappa shape index (κ3) is 2.51. The molecule has 0 radical (unpaired) electrons. The minimum Gasteiger partial charge on any atom is -0.545 e. The van der Waals surface area contributed by atoms with Gasteiger partial charge in [0.05, 0.1) is 5.97 Å². The Morgan fingerprint density at radius 1 is 1.47 bits per heavy atom. The van der Waals surface area contributed by atoms with E-state index in [4.69, 9.17) is 0 Å². The van der Waals surface area contributed by atoms with Crippen molar-refractivity contribution in [2.45, 2.75) is 26.6 Å². The molecule has 6 heteroatoms. The zero-order chi connectivity index (χ0) is 11.8. The fraction of sp³-hybridized carbons (Fsp3) is 0.444. The van der Waals surface area contributed by atoms with Gasteiger partial charge in [0.2, 0.25) is 0 Å². The van der Waals surface area contributed by atoms with Gasteiger partial charge >= 0.3 is 6.18 Å². The molecule has 0 amide bonds. The van der Waals surface area contributed by atoms with E-state index in [1.807, 2.05) is 0 Å². The molecule has 84 valence electrons. The summed E-state index contributed by atoms with van der Waals surface area (Å²) in [7, 11) is 0. The molecule has 0 aliphatic carbocycles. The lowest BCUT2D eigenvalue weighted by molar-refractivity contribution is -0.255. The van der Waals surface area contributed by atoms with Crippen molar-refractivity contribution < 1.29 is 23.1 Å². The lowest BCUT2D eigenvalue weighted by Crippen LogP contribution is -2.24. The van der Waals surface area contributed by atoms with Gasteiger partial charge in [0.1, 0.15) is 6.54 Å². The Morgan fingerprint density at radius 2 is 2.00 bits per heavy atom. The molecule has 0 fully saturated rings. The number of aryl methyl sites for hydroxylation is 1. The van der Waals surface area contributed by atoms with Gasteiger partial charge in [-0.05, 0) is 19.9 Å². The van der Waals surface area contributed by atoms with Gasteiger partial charge in [-0.25, -0.2) is 0 Å². The van der Waals surface area contributed by atoms with Crippen LogP contribution in [0.5, 0.6) is 0 Å². The molecule has 0 aliphatic rings. The largest absolute Gasteiger partial charge is 0.545 e.